The number of hydrogen-bond acceptors (Lipinski definition) is 6. The third-order valence-corrected chi connectivity index (χ3v) is 4.12. The number of nitro groups is 1. The van der Waals surface area contributed by atoms with E-state index >= 15 is 0 Å². The molecule has 1 N–H and O–H groups in total. The Morgan fingerprint density at radius 3 is 2.79 bits per heavy atom. The summed E-state index contributed by atoms with van der Waals surface area (Å²) in [7, 11) is 1.81. The van der Waals surface area contributed by atoms with E-state index in [1.807, 2.05) is 20.2 Å². The highest BCUT2D eigenvalue weighted by molar-refractivity contribution is 5.91. The minimum atomic E-state index is -0.496. The number of aromatic nitrogens is 2. The smallest absolute Gasteiger partial charge is 0.311 e. The summed E-state index contributed by atoms with van der Waals surface area (Å²) in [4.78, 5) is 22.9. The lowest BCUT2D eigenvalue weighted by Gasteiger charge is -2.06. The molecule has 1 amide bonds. The van der Waals surface area contributed by atoms with Crippen molar-refractivity contribution in [2.24, 2.45) is 7.05 Å². The summed E-state index contributed by atoms with van der Waals surface area (Å²) in [5, 5.41) is 18.1. The summed E-state index contributed by atoms with van der Waals surface area (Å²) >= 11 is 0. The van der Waals surface area contributed by atoms with Crippen LogP contribution in [-0.4, -0.2) is 20.6 Å². The van der Waals surface area contributed by atoms with Crippen LogP contribution in [0.4, 0.5) is 5.69 Å². The second-order valence-electron chi connectivity index (χ2n) is 6.38. The van der Waals surface area contributed by atoms with Gasteiger partial charge in [0.2, 0.25) is 0 Å². The van der Waals surface area contributed by atoms with Gasteiger partial charge in [-0.15, -0.1) is 0 Å². The maximum atomic E-state index is 12.2. The summed E-state index contributed by atoms with van der Waals surface area (Å²) in [5.41, 5.74) is 2.41. The van der Waals surface area contributed by atoms with Crippen molar-refractivity contribution in [2.45, 2.75) is 27.0 Å². The molecule has 146 valence electrons. The van der Waals surface area contributed by atoms with Crippen LogP contribution in [0, 0.1) is 24.0 Å². The van der Waals surface area contributed by atoms with E-state index in [1.54, 1.807) is 29.8 Å². The Morgan fingerprint density at radius 2 is 2.11 bits per heavy atom. The third-order valence-electron chi connectivity index (χ3n) is 4.12. The van der Waals surface area contributed by atoms with E-state index in [1.165, 1.54) is 12.1 Å². The van der Waals surface area contributed by atoms with Crippen LogP contribution in [0.1, 0.15) is 33.1 Å². The molecule has 9 nitrogen and oxygen atoms in total. The Morgan fingerprint density at radius 1 is 1.32 bits per heavy atom. The molecule has 9 heteroatoms. The van der Waals surface area contributed by atoms with Crippen LogP contribution in [0.15, 0.2) is 40.9 Å². The summed E-state index contributed by atoms with van der Waals surface area (Å²) in [6.07, 6.45) is 1.84. The Kier molecular flexibility index (Phi) is 5.44. The number of nitrogens with zero attached hydrogens (tertiary/aromatic N) is 3. The maximum Gasteiger partial charge on any atom is 0.311 e. The number of nitrogens with one attached hydrogen (secondary N) is 1. The van der Waals surface area contributed by atoms with E-state index < -0.39 is 4.92 Å². The Labute approximate surface area is 161 Å². The van der Waals surface area contributed by atoms with Crippen LogP contribution in [-0.2, 0) is 20.2 Å². The molecule has 0 aliphatic carbocycles. The van der Waals surface area contributed by atoms with Gasteiger partial charge in [0.05, 0.1) is 10.6 Å². The molecule has 0 fully saturated rings. The minimum Gasteiger partial charge on any atom is -0.479 e. The number of amides is 1. The number of nitro benzene ring substituents is 1. The van der Waals surface area contributed by atoms with E-state index in [4.69, 9.17) is 9.15 Å². The van der Waals surface area contributed by atoms with Crippen LogP contribution in [0.5, 0.6) is 5.75 Å². The highest BCUT2D eigenvalue weighted by atomic mass is 16.6. The van der Waals surface area contributed by atoms with Crippen molar-refractivity contribution in [1.82, 2.24) is 15.1 Å². The van der Waals surface area contributed by atoms with Crippen molar-refractivity contribution in [1.29, 1.82) is 0 Å². The predicted molar refractivity (Wildman–Crippen MR) is 100.0 cm³/mol. The Bertz CT molecular complexity index is 1020. The van der Waals surface area contributed by atoms with Gasteiger partial charge < -0.3 is 14.5 Å². The number of rotatable bonds is 7. The van der Waals surface area contributed by atoms with Crippen LogP contribution in [0.2, 0.25) is 0 Å². The quantitative estimate of drug-likeness (QED) is 0.495. The molecule has 1 aromatic carbocycles. The number of hydrogen-bond donors (Lipinski definition) is 1. The molecule has 0 radical (unpaired) electrons. The van der Waals surface area contributed by atoms with Gasteiger partial charge in [-0.1, -0.05) is 6.07 Å². The van der Waals surface area contributed by atoms with Gasteiger partial charge in [0.15, 0.2) is 11.5 Å². The highest BCUT2D eigenvalue weighted by Crippen LogP contribution is 2.28. The Balaban J connectivity index is 1.60. The minimum absolute atomic E-state index is 0.0289. The lowest BCUT2D eigenvalue weighted by molar-refractivity contribution is -0.386. The molecule has 28 heavy (non-hydrogen) atoms. The molecular weight excluding hydrogens is 364 g/mol. The highest BCUT2D eigenvalue weighted by Gasteiger charge is 2.17. The van der Waals surface area contributed by atoms with Gasteiger partial charge >= 0.3 is 5.69 Å². The number of ether oxygens (including phenoxy) is 1. The van der Waals surface area contributed by atoms with Crippen LogP contribution in [0.3, 0.4) is 0 Å². The summed E-state index contributed by atoms with van der Waals surface area (Å²) in [5.74, 6) is 0.303. The number of aryl methyl sites for hydroxylation is 3. The van der Waals surface area contributed by atoms with Crippen LogP contribution in [0.25, 0.3) is 0 Å². The van der Waals surface area contributed by atoms with Gasteiger partial charge in [-0.3, -0.25) is 19.6 Å². The van der Waals surface area contributed by atoms with Gasteiger partial charge in [0.1, 0.15) is 12.4 Å². The molecule has 0 saturated heterocycles. The van der Waals surface area contributed by atoms with Gasteiger partial charge in [-0.2, -0.15) is 5.10 Å². The zero-order valence-electron chi connectivity index (χ0n) is 15.8. The van der Waals surface area contributed by atoms with E-state index in [9.17, 15) is 14.9 Å². The van der Waals surface area contributed by atoms with E-state index in [0.29, 0.717) is 12.3 Å². The molecule has 2 heterocycles. The molecule has 0 aliphatic heterocycles. The monoisotopic (exact) mass is 384 g/mol. The maximum absolute atomic E-state index is 12.2. The van der Waals surface area contributed by atoms with Crippen molar-refractivity contribution >= 4 is 11.6 Å². The molecular formula is C19H20N4O5. The van der Waals surface area contributed by atoms with Gasteiger partial charge in [0.25, 0.3) is 5.91 Å². The average molecular weight is 384 g/mol. The van der Waals surface area contributed by atoms with E-state index in [2.05, 4.69) is 10.4 Å². The lowest BCUT2D eigenvalue weighted by Crippen LogP contribution is -2.22. The van der Waals surface area contributed by atoms with Crippen molar-refractivity contribution in [3.63, 3.8) is 0 Å². The SMILES string of the molecule is Cc1ccc(OCc2ccc(C(=O)NCc3cn(C)nc3C)o2)c([N+](=O)[O-])c1. The second kappa shape index (κ2) is 7.95. The normalized spacial score (nSPS) is 10.7. The van der Waals surface area contributed by atoms with E-state index in [-0.39, 0.29) is 29.7 Å². The largest absolute Gasteiger partial charge is 0.479 e. The fourth-order valence-electron chi connectivity index (χ4n) is 2.70. The van der Waals surface area contributed by atoms with Gasteiger partial charge in [-0.05, 0) is 37.6 Å². The summed E-state index contributed by atoms with van der Waals surface area (Å²) < 4.78 is 12.7. The third kappa shape index (κ3) is 4.37. The number of carbonyl (C=O) groups excluding carboxylic acids is 1. The number of furan rings is 1. The molecule has 0 aliphatic rings. The summed E-state index contributed by atoms with van der Waals surface area (Å²) in [6, 6.07) is 7.85. The lowest BCUT2D eigenvalue weighted by atomic mass is 10.2. The summed E-state index contributed by atoms with van der Waals surface area (Å²) in [6.45, 7) is 3.94. The van der Waals surface area contributed by atoms with Crippen molar-refractivity contribution < 1.29 is 18.9 Å². The van der Waals surface area contributed by atoms with Crippen LogP contribution < -0.4 is 10.1 Å². The molecule has 0 bridgehead atoms. The molecule has 3 aromatic rings. The first kappa shape index (κ1) is 19.2. The van der Waals surface area contributed by atoms with Crippen molar-refractivity contribution in [3.8, 4) is 5.75 Å². The first-order valence-electron chi connectivity index (χ1n) is 8.57. The van der Waals surface area contributed by atoms with Crippen molar-refractivity contribution in [2.75, 3.05) is 0 Å². The number of carbonyl (C=O) groups is 1. The molecule has 3 rings (SSSR count). The van der Waals surface area contributed by atoms with Gasteiger partial charge in [-0.25, -0.2) is 0 Å². The average Bonchev–Trinajstić information content (AvgIpc) is 3.24. The molecule has 2 aromatic heterocycles. The topological polar surface area (TPSA) is 112 Å². The second-order valence-corrected chi connectivity index (χ2v) is 6.38. The fraction of sp³-hybridized carbons (Fsp3) is 0.263. The first-order chi connectivity index (χ1) is 13.3. The van der Waals surface area contributed by atoms with Crippen molar-refractivity contribution in [3.05, 3.63) is 75.0 Å². The predicted octanol–water partition coefficient (Wildman–Crippen LogP) is 3.05. The molecule has 0 spiro atoms. The zero-order valence-corrected chi connectivity index (χ0v) is 15.8. The molecule has 0 saturated carbocycles. The Hall–Kier alpha value is -3.62. The first-order valence-corrected chi connectivity index (χ1v) is 8.57. The molecule has 0 atom stereocenters. The number of benzene rings is 1. The molecule has 0 unspecified atom stereocenters. The van der Waals surface area contributed by atoms with Crippen LogP contribution >= 0.6 is 0 Å². The van der Waals surface area contributed by atoms with E-state index in [0.717, 1.165) is 16.8 Å². The van der Waals surface area contributed by atoms with Gasteiger partial charge in [0, 0.05) is 31.4 Å². The fourth-order valence-corrected chi connectivity index (χ4v) is 2.70. The standard InChI is InChI=1S/C19H20N4O5/c1-12-4-6-17(16(8-12)23(25)26)27-11-15-5-7-18(28-15)19(24)20-9-14-10-22(3)21-13(14)2/h4-8,10H,9,11H2,1-3H3,(H,20,24). The zero-order chi connectivity index (χ0) is 20.3.